The predicted molar refractivity (Wildman–Crippen MR) is 92.0 cm³/mol. The molecule has 2 rings (SSSR count). The minimum Gasteiger partial charge on any atom is -0.352 e. The van der Waals surface area contributed by atoms with Gasteiger partial charge in [0.2, 0.25) is 11.9 Å². The number of nitrogens with zero attached hydrogens (tertiary/aromatic N) is 1. The predicted octanol–water partition coefficient (Wildman–Crippen LogP) is 3.09. The summed E-state index contributed by atoms with van der Waals surface area (Å²) in [5, 5.41) is 5.54. The number of aromatic amines is 1. The fourth-order valence-electron chi connectivity index (χ4n) is 1.81. The molecule has 7 heteroatoms. The molecule has 0 fully saturated rings. The van der Waals surface area contributed by atoms with Gasteiger partial charge in [-0.15, -0.1) is 0 Å². The van der Waals surface area contributed by atoms with Gasteiger partial charge in [-0.1, -0.05) is 26.8 Å². The van der Waals surface area contributed by atoms with E-state index in [-0.39, 0.29) is 11.8 Å². The molecule has 2 aromatic rings. The molecule has 0 atom stereocenters. The zero-order chi connectivity index (χ0) is 17.0. The third-order valence-electron chi connectivity index (χ3n) is 3.14. The first kappa shape index (κ1) is 17.2. The van der Waals surface area contributed by atoms with E-state index < -0.39 is 5.41 Å². The summed E-state index contributed by atoms with van der Waals surface area (Å²) in [5.41, 5.74) is 0.869. The quantitative estimate of drug-likeness (QED) is 0.763. The summed E-state index contributed by atoms with van der Waals surface area (Å²) in [6.45, 7) is 5.93. The highest BCUT2D eigenvalue weighted by molar-refractivity contribution is 9.10. The number of carbonyl (C=O) groups excluding carboxylic acids is 2. The van der Waals surface area contributed by atoms with E-state index >= 15 is 0 Å². The van der Waals surface area contributed by atoms with Crippen LogP contribution in [0.5, 0.6) is 0 Å². The summed E-state index contributed by atoms with van der Waals surface area (Å²) < 4.78 is 0.674. The zero-order valence-electron chi connectivity index (χ0n) is 13.2. The second-order valence-corrected chi connectivity index (χ2v) is 6.99. The van der Waals surface area contributed by atoms with Crippen LogP contribution in [0, 0.1) is 5.41 Å². The third kappa shape index (κ3) is 4.66. The van der Waals surface area contributed by atoms with E-state index in [4.69, 9.17) is 0 Å². The lowest BCUT2D eigenvalue weighted by molar-refractivity contribution is -0.128. The van der Waals surface area contributed by atoms with Crippen LogP contribution in [0.3, 0.4) is 0 Å². The van der Waals surface area contributed by atoms with E-state index in [0.717, 1.165) is 5.56 Å². The molecule has 0 aliphatic carbocycles. The molecule has 1 heterocycles. The zero-order valence-corrected chi connectivity index (χ0v) is 14.8. The molecule has 6 nitrogen and oxygen atoms in total. The minimum absolute atomic E-state index is 0.0398. The second-order valence-electron chi connectivity index (χ2n) is 6.14. The van der Waals surface area contributed by atoms with E-state index in [2.05, 4.69) is 36.5 Å². The van der Waals surface area contributed by atoms with Gasteiger partial charge in [-0.3, -0.25) is 14.9 Å². The molecule has 0 bridgehead atoms. The van der Waals surface area contributed by atoms with Crippen LogP contribution in [0.1, 0.15) is 36.7 Å². The highest BCUT2D eigenvalue weighted by Gasteiger charge is 2.20. The molecule has 23 heavy (non-hydrogen) atoms. The fourth-order valence-corrected chi connectivity index (χ4v) is 2.24. The van der Waals surface area contributed by atoms with Crippen LogP contribution in [0.15, 0.2) is 35.1 Å². The highest BCUT2D eigenvalue weighted by Crippen LogP contribution is 2.20. The smallest absolute Gasteiger partial charge is 0.259 e. The fraction of sp³-hybridized carbons (Fsp3) is 0.312. The number of hydrogen-bond acceptors (Lipinski definition) is 3. The molecule has 0 aliphatic heterocycles. The monoisotopic (exact) mass is 378 g/mol. The first-order chi connectivity index (χ1) is 10.8. The molecule has 0 saturated heterocycles. The second kappa shape index (κ2) is 6.95. The standard InChI is InChI=1S/C16H19BrN4O2/c1-16(2,3)14(23)20-9-10-4-5-12(17)11(8-10)13(22)21-15-18-6-7-19-15/h4-8H,9H2,1-3H3,(H,20,23)(H2,18,19,21,22). The lowest BCUT2D eigenvalue weighted by Gasteiger charge is -2.18. The number of nitrogens with one attached hydrogen (secondary N) is 3. The summed E-state index contributed by atoms with van der Waals surface area (Å²) in [5.74, 6) is 0.0613. The Bertz CT molecular complexity index is 705. The van der Waals surface area contributed by atoms with Crippen molar-refractivity contribution in [3.8, 4) is 0 Å². The molecule has 2 amide bonds. The number of anilines is 1. The summed E-state index contributed by atoms with van der Waals surface area (Å²) in [4.78, 5) is 31.0. The van der Waals surface area contributed by atoms with Crippen molar-refractivity contribution in [1.82, 2.24) is 15.3 Å². The SMILES string of the molecule is CC(C)(C)C(=O)NCc1ccc(Br)c(C(=O)Nc2ncc[nH]2)c1. The summed E-state index contributed by atoms with van der Waals surface area (Å²) in [7, 11) is 0. The molecule has 1 aromatic heterocycles. The summed E-state index contributed by atoms with van der Waals surface area (Å²) in [6, 6.07) is 5.39. The van der Waals surface area contributed by atoms with E-state index in [1.54, 1.807) is 24.5 Å². The Morgan fingerprint density at radius 1 is 1.30 bits per heavy atom. The van der Waals surface area contributed by atoms with Gasteiger partial charge >= 0.3 is 0 Å². The number of halogens is 1. The molecule has 1 aromatic carbocycles. The number of benzene rings is 1. The van der Waals surface area contributed by atoms with Crippen LogP contribution >= 0.6 is 15.9 Å². The Morgan fingerprint density at radius 2 is 2.04 bits per heavy atom. The van der Waals surface area contributed by atoms with Crippen LogP contribution in [0.4, 0.5) is 5.95 Å². The van der Waals surface area contributed by atoms with Crippen molar-refractivity contribution in [2.45, 2.75) is 27.3 Å². The van der Waals surface area contributed by atoms with Gasteiger partial charge in [-0.2, -0.15) is 0 Å². The van der Waals surface area contributed by atoms with Gasteiger partial charge in [0, 0.05) is 28.8 Å². The average molecular weight is 379 g/mol. The van der Waals surface area contributed by atoms with Crippen molar-refractivity contribution in [1.29, 1.82) is 0 Å². The van der Waals surface area contributed by atoms with Crippen LogP contribution in [0.25, 0.3) is 0 Å². The van der Waals surface area contributed by atoms with Crippen LogP contribution in [0.2, 0.25) is 0 Å². The van der Waals surface area contributed by atoms with Crippen molar-refractivity contribution in [3.63, 3.8) is 0 Å². The molecule has 0 unspecified atom stereocenters. The number of hydrogen-bond donors (Lipinski definition) is 3. The van der Waals surface area contributed by atoms with E-state index in [1.165, 1.54) is 0 Å². The molecular formula is C16H19BrN4O2. The van der Waals surface area contributed by atoms with E-state index in [0.29, 0.717) is 22.5 Å². The Morgan fingerprint density at radius 3 is 2.65 bits per heavy atom. The maximum absolute atomic E-state index is 12.3. The van der Waals surface area contributed by atoms with Gasteiger partial charge in [-0.05, 0) is 33.6 Å². The number of aromatic nitrogens is 2. The number of amides is 2. The summed E-state index contributed by atoms with van der Waals surface area (Å²) >= 11 is 3.37. The first-order valence-electron chi connectivity index (χ1n) is 7.15. The minimum atomic E-state index is -0.450. The Kier molecular flexibility index (Phi) is 5.20. The lowest BCUT2D eigenvalue weighted by Crippen LogP contribution is -2.34. The largest absolute Gasteiger partial charge is 0.352 e. The van der Waals surface area contributed by atoms with Crippen molar-refractivity contribution in [2.75, 3.05) is 5.32 Å². The summed E-state index contributed by atoms with van der Waals surface area (Å²) in [6.07, 6.45) is 3.19. The van der Waals surface area contributed by atoms with Crippen molar-refractivity contribution < 1.29 is 9.59 Å². The molecular weight excluding hydrogens is 360 g/mol. The highest BCUT2D eigenvalue weighted by atomic mass is 79.9. The Hall–Kier alpha value is -2.15. The van der Waals surface area contributed by atoms with Gasteiger partial charge in [0.25, 0.3) is 5.91 Å². The van der Waals surface area contributed by atoms with Gasteiger partial charge < -0.3 is 10.3 Å². The number of carbonyl (C=O) groups is 2. The number of imidazole rings is 1. The van der Waals surface area contributed by atoms with Crippen LogP contribution in [-0.2, 0) is 11.3 Å². The van der Waals surface area contributed by atoms with Crippen LogP contribution < -0.4 is 10.6 Å². The lowest BCUT2D eigenvalue weighted by atomic mass is 9.95. The molecule has 0 saturated carbocycles. The van der Waals surface area contributed by atoms with Gasteiger partial charge in [0.05, 0.1) is 5.56 Å². The number of H-pyrrole nitrogens is 1. The van der Waals surface area contributed by atoms with E-state index in [9.17, 15) is 9.59 Å². The third-order valence-corrected chi connectivity index (χ3v) is 3.83. The van der Waals surface area contributed by atoms with Crippen LogP contribution in [-0.4, -0.2) is 21.8 Å². The number of rotatable bonds is 4. The maximum Gasteiger partial charge on any atom is 0.259 e. The Labute approximate surface area is 143 Å². The molecule has 0 spiro atoms. The van der Waals surface area contributed by atoms with Crippen molar-refractivity contribution >= 4 is 33.7 Å². The molecule has 0 radical (unpaired) electrons. The van der Waals surface area contributed by atoms with E-state index in [1.807, 2.05) is 26.8 Å². The van der Waals surface area contributed by atoms with Gasteiger partial charge in [0.15, 0.2) is 0 Å². The topological polar surface area (TPSA) is 86.9 Å². The van der Waals surface area contributed by atoms with Gasteiger partial charge in [0.1, 0.15) is 0 Å². The van der Waals surface area contributed by atoms with Gasteiger partial charge in [-0.25, -0.2) is 4.98 Å². The van der Waals surface area contributed by atoms with Crippen molar-refractivity contribution in [3.05, 3.63) is 46.2 Å². The Balaban J connectivity index is 2.09. The average Bonchev–Trinajstić information content (AvgIpc) is 2.97. The molecule has 3 N–H and O–H groups in total. The first-order valence-corrected chi connectivity index (χ1v) is 7.94. The molecule has 0 aliphatic rings. The maximum atomic E-state index is 12.3. The van der Waals surface area contributed by atoms with Crippen molar-refractivity contribution in [2.24, 2.45) is 5.41 Å². The molecule has 122 valence electrons. The normalized spacial score (nSPS) is 11.1.